The van der Waals surface area contributed by atoms with E-state index in [1.165, 1.54) is 5.39 Å². The maximum absolute atomic E-state index is 11.9. The molecule has 2 bridgehead atoms. The third-order valence-electron chi connectivity index (χ3n) is 6.13. The zero-order valence-corrected chi connectivity index (χ0v) is 18.6. The van der Waals surface area contributed by atoms with Crippen LogP contribution in [0.15, 0.2) is 59.0 Å². The van der Waals surface area contributed by atoms with Crippen LogP contribution >= 0.6 is 11.8 Å². The normalized spacial score (nSPS) is 28.9. The van der Waals surface area contributed by atoms with Gasteiger partial charge in [-0.25, -0.2) is 4.79 Å². The molecule has 0 aliphatic heterocycles. The van der Waals surface area contributed by atoms with Gasteiger partial charge in [0.1, 0.15) is 0 Å². The van der Waals surface area contributed by atoms with Crippen molar-refractivity contribution in [2.75, 3.05) is 0 Å². The van der Waals surface area contributed by atoms with Crippen molar-refractivity contribution in [3.05, 3.63) is 54.1 Å². The molecule has 28 heavy (non-hydrogen) atoms. The van der Waals surface area contributed by atoms with Crippen LogP contribution in [-0.2, 0) is 32.0 Å². The van der Waals surface area contributed by atoms with Crippen LogP contribution < -0.4 is 0 Å². The summed E-state index contributed by atoms with van der Waals surface area (Å²) >= 11 is 1.70. The van der Waals surface area contributed by atoms with Gasteiger partial charge in [-0.1, -0.05) is 36.4 Å². The number of benzene rings is 2. The van der Waals surface area contributed by atoms with E-state index in [1.807, 2.05) is 12.1 Å². The van der Waals surface area contributed by atoms with E-state index in [2.05, 4.69) is 30.3 Å². The number of carboxylic acid groups (broad SMARTS) is 2. The van der Waals surface area contributed by atoms with Crippen LogP contribution in [0.2, 0.25) is 0 Å². The summed E-state index contributed by atoms with van der Waals surface area (Å²) in [4.78, 5) is 24.5. The van der Waals surface area contributed by atoms with E-state index in [1.54, 1.807) is 24.8 Å². The van der Waals surface area contributed by atoms with Crippen LogP contribution in [0.3, 0.4) is 0 Å². The second-order valence-electron chi connectivity index (χ2n) is 7.79. The summed E-state index contributed by atoms with van der Waals surface area (Å²) in [5, 5.41) is 21.6. The maximum Gasteiger partial charge on any atom is 0.330 e. The van der Waals surface area contributed by atoms with E-state index in [9.17, 15) is 19.8 Å². The summed E-state index contributed by atoms with van der Waals surface area (Å²) in [5.74, 6) is -1.94. The average Bonchev–Trinajstić information content (AvgIpc) is 3.16. The van der Waals surface area contributed by atoms with Crippen molar-refractivity contribution in [1.82, 2.24) is 0 Å². The molecule has 2 aliphatic rings. The molecular formula is C22H22NbO4S. The maximum atomic E-state index is 11.9. The first-order valence-corrected chi connectivity index (χ1v) is 10.1. The number of thioether (sulfide) groups is 1. The van der Waals surface area contributed by atoms with Crippen LogP contribution in [0.4, 0.5) is 0 Å². The zero-order valence-electron chi connectivity index (χ0n) is 15.5. The van der Waals surface area contributed by atoms with Crippen molar-refractivity contribution in [3.63, 3.8) is 0 Å². The standard InChI is InChI=1S/C22H22O4S.Nb/c1-13(20(23)24)11-22-12-14(8-18(22)21(25)26)9-19(22)27-17-7-6-15-4-2-3-5-16(15)10-17;/h2-7,10-11,14,18-19H,8-9,12H2,1H3,(H,23,24)(H,25,26);. The number of carbonyl (C=O) groups is 2. The summed E-state index contributed by atoms with van der Waals surface area (Å²) in [7, 11) is 0. The van der Waals surface area contributed by atoms with E-state index in [0.717, 1.165) is 23.1 Å². The van der Waals surface area contributed by atoms with Gasteiger partial charge < -0.3 is 10.2 Å². The number of allylic oxidation sites excluding steroid dienone is 1. The molecule has 2 aromatic rings. The van der Waals surface area contributed by atoms with Gasteiger partial charge in [0.25, 0.3) is 0 Å². The predicted octanol–water partition coefficient (Wildman–Crippen LogP) is 4.83. The SMILES string of the molecule is CC(=CC12CC(CC1Sc1ccc3ccccc3c1)CC2C(=O)O)C(=O)O.[Nb]. The minimum absolute atomic E-state index is 0. The Hall–Kier alpha value is -1.53. The fraction of sp³-hybridized carbons (Fsp3) is 0.364. The first kappa shape index (κ1) is 21.2. The van der Waals surface area contributed by atoms with Gasteiger partial charge in [-0.05, 0) is 55.0 Å². The molecule has 4 unspecified atom stereocenters. The Morgan fingerprint density at radius 2 is 1.82 bits per heavy atom. The molecule has 0 saturated heterocycles. The van der Waals surface area contributed by atoms with E-state index < -0.39 is 23.3 Å². The van der Waals surface area contributed by atoms with Crippen LogP contribution in [0.5, 0.6) is 0 Å². The van der Waals surface area contributed by atoms with Gasteiger partial charge in [0.15, 0.2) is 0 Å². The van der Waals surface area contributed by atoms with Crippen LogP contribution in [0, 0.1) is 17.3 Å². The third-order valence-corrected chi connectivity index (χ3v) is 7.57. The van der Waals surface area contributed by atoms with Crippen LogP contribution in [-0.4, -0.2) is 27.4 Å². The fourth-order valence-electron chi connectivity index (χ4n) is 4.95. The van der Waals surface area contributed by atoms with Crippen molar-refractivity contribution in [2.24, 2.45) is 17.3 Å². The second kappa shape index (κ2) is 8.07. The molecule has 1 radical (unpaired) electrons. The molecule has 4 rings (SSSR count). The first-order chi connectivity index (χ1) is 12.9. The predicted molar refractivity (Wildman–Crippen MR) is 106 cm³/mol. The molecule has 2 aromatic carbocycles. The molecule has 4 nitrogen and oxygen atoms in total. The smallest absolute Gasteiger partial charge is 0.330 e. The Bertz CT molecular complexity index is 956. The Morgan fingerprint density at radius 1 is 1.11 bits per heavy atom. The molecule has 2 saturated carbocycles. The molecule has 0 amide bonds. The quantitative estimate of drug-likeness (QED) is 0.479. The zero-order chi connectivity index (χ0) is 19.2. The van der Waals surface area contributed by atoms with E-state index in [0.29, 0.717) is 12.3 Å². The Labute approximate surface area is 183 Å². The van der Waals surface area contributed by atoms with Gasteiger partial charge >= 0.3 is 11.9 Å². The fourth-order valence-corrected chi connectivity index (χ4v) is 6.53. The van der Waals surface area contributed by atoms with E-state index in [4.69, 9.17) is 0 Å². The number of aliphatic carboxylic acids is 2. The summed E-state index contributed by atoms with van der Waals surface area (Å²) in [5.41, 5.74) is -0.345. The van der Waals surface area contributed by atoms with E-state index >= 15 is 0 Å². The van der Waals surface area contributed by atoms with Gasteiger partial charge in [0, 0.05) is 43.5 Å². The molecule has 0 spiro atoms. The largest absolute Gasteiger partial charge is 0.481 e. The summed E-state index contributed by atoms with van der Waals surface area (Å²) < 4.78 is 0. The van der Waals surface area contributed by atoms with E-state index in [-0.39, 0.29) is 33.2 Å². The monoisotopic (exact) mass is 475 g/mol. The number of carboxylic acids is 2. The van der Waals surface area contributed by atoms with Crippen molar-refractivity contribution in [2.45, 2.75) is 36.3 Å². The Morgan fingerprint density at radius 3 is 2.50 bits per heavy atom. The number of hydrogen-bond acceptors (Lipinski definition) is 3. The Kier molecular flexibility index (Phi) is 6.11. The molecule has 4 atom stereocenters. The van der Waals surface area contributed by atoms with Crippen molar-refractivity contribution >= 4 is 34.5 Å². The molecule has 2 aliphatic carbocycles. The number of rotatable bonds is 5. The molecule has 2 fully saturated rings. The van der Waals surface area contributed by atoms with Crippen molar-refractivity contribution < 1.29 is 42.2 Å². The number of fused-ring (bicyclic) bond motifs is 3. The minimum atomic E-state index is -0.974. The Balaban J connectivity index is 0.00000225. The van der Waals surface area contributed by atoms with Gasteiger partial charge in [0.2, 0.25) is 0 Å². The van der Waals surface area contributed by atoms with Crippen molar-refractivity contribution in [1.29, 1.82) is 0 Å². The van der Waals surface area contributed by atoms with Gasteiger partial charge in [-0.3, -0.25) is 4.79 Å². The molecule has 0 heterocycles. The average molecular weight is 475 g/mol. The molecule has 145 valence electrons. The van der Waals surface area contributed by atoms with Crippen LogP contribution in [0.25, 0.3) is 10.8 Å². The summed E-state index contributed by atoms with van der Waals surface area (Å²) in [6.45, 7) is 1.57. The topological polar surface area (TPSA) is 74.6 Å². The van der Waals surface area contributed by atoms with Gasteiger partial charge in [-0.15, -0.1) is 11.8 Å². The molecule has 2 N–H and O–H groups in total. The summed E-state index contributed by atoms with van der Waals surface area (Å²) in [6, 6.07) is 14.5. The minimum Gasteiger partial charge on any atom is -0.481 e. The second-order valence-corrected chi connectivity index (χ2v) is 9.07. The molecular weight excluding hydrogens is 453 g/mol. The summed E-state index contributed by atoms with van der Waals surface area (Å²) in [6.07, 6.45) is 4.10. The first-order valence-electron chi connectivity index (χ1n) is 9.20. The van der Waals surface area contributed by atoms with Gasteiger partial charge in [-0.2, -0.15) is 0 Å². The number of hydrogen-bond donors (Lipinski definition) is 2. The van der Waals surface area contributed by atoms with Crippen molar-refractivity contribution in [3.8, 4) is 0 Å². The van der Waals surface area contributed by atoms with Crippen LogP contribution in [0.1, 0.15) is 26.2 Å². The van der Waals surface area contributed by atoms with Gasteiger partial charge in [0.05, 0.1) is 5.92 Å². The third kappa shape index (κ3) is 3.69. The molecule has 6 heteroatoms. The molecule has 0 aromatic heterocycles.